The lowest BCUT2D eigenvalue weighted by atomic mass is 10.6. The van der Waals surface area contributed by atoms with E-state index in [0.29, 0.717) is 16.2 Å². The van der Waals surface area contributed by atoms with Crippen molar-refractivity contribution in [1.29, 1.82) is 0 Å². The quantitative estimate of drug-likeness (QED) is 0.528. The maximum Gasteiger partial charge on any atom is 0.422 e. The molecule has 0 radical (unpaired) electrons. The van der Waals surface area contributed by atoms with Gasteiger partial charge in [0.15, 0.2) is 13.2 Å². The molecule has 0 amide bonds. The third-order valence-corrected chi connectivity index (χ3v) is 4.06. The van der Waals surface area contributed by atoms with E-state index in [4.69, 9.17) is 5.11 Å². The Balaban J connectivity index is 0.000000283. The van der Waals surface area contributed by atoms with Crippen LogP contribution in [0.1, 0.15) is 14.5 Å². The van der Waals surface area contributed by atoms with Gasteiger partial charge >= 0.3 is 18.3 Å². The van der Waals surface area contributed by atoms with Crippen LogP contribution in [0, 0.1) is 0 Å². The molecule has 0 aliphatic heterocycles. The van der Waals surface area contributed by atoms with Gasteiger partial charge in [0.25, 0.3) is 10.4 Å². The smallest absolute Gasteiger partial charge is 0.422 e. The van der Waals surface area contributed by atoms with Crippen LogP contribution in [-0.2, 0) is 11.3 Å². The number of aliphatic hydroxyl groups is 1. The zero-order valence-electron chi connectivity index (χ0n) is 13.8. The van der Waals surface area contributed by atoms with Crippen LogP contribution >= 0.6 is 22.7 Å². The molecule has 2 rings (SSSR count). The lowest BCUT2D eigenvalue weighted by Crippen LogP contribution is -2.19. The van der Waals surface area contributed by atoms with Gasteiger partial charge < -0.3 is 19.3 Å². The van der Waals surface area contributed by atoms with Gasteiger partial charge in [-0.15, -0.1) is 0 Å². The average molecular weight is 454 g/mol. The number of thiazole rings is 2. The summed E-state index contributed by atoms with van der Waals surface area (Å²) in [7, 11) is 1.16. The Morgan fingerprint density at radius 3 is 1.93 bits per heavy atom. The Morgan fingerprint density at radius 1 is 1.00 bits per heavy atom. The lowest BCUT2D eigenvalue weighted by molar-refractivity contribution is -0.154. The molecule has 0 aromatic carbocycles. The second-order valence-electron chi connectivity index (χ2n) is 4.54. The number of ether oxygens (including phenoxy) is 3. The van der Waals surface area contributed by atoms with Crippen LogP contribution in [-0.4, -0.2) is 53.7 Å². The highest BCUT2D eigenvalue weighted by atomic mass is 32.1. The number of rotatable bonds is 6. The minimum Gasteiger partial charge on any atom is -0.465 e. The van der Waals surface area contributed by atoms with Crippen molar-refractivity contribution in [3.63, 3.8) is 0 Å². The maximum absolute atomic E-state index is 11.7. The Kier molecular flexibility index (Phi) is 8.90. The third-order valence-electron chi connectivity index (χ3n) is 2.28. The molecule has 0 aliphatic carbocycles. The van der Waals surface area contributed by atoms with E-state index in [9.17, 15) is 31.1 Å². The van der Waals surface area contributed by atoms with Gasteiger partial charge in [0.05, 0.1) is 24.8 Å². The molecule has 0 saturated carbocycles. The summed E-state index contributed by atoms with van der Waals surface area (Å²) in [6, 6.07) is 0. The Hall–Kier alpha value is -2.13. The first-order chi connectivity index (χ1) is 12.9. The van der Waals surface area contributed by atoms with E-state index in [1.807, 2.05) is 0 Å². The number of nitrogens with zero attached hydrogens (tertiary/aromatic N) is 2. The number of halogens is 6. The number of carbonyl (C=O) groups excluding carboxylic acids is 1. The number of aromatic nitrogens is 2. The van der Waals surface area contributed by atoms with Gasteiger partial charge in [-0.3, -0.25) is 0 Å². The highest BCUT2D eigenvalue weighted by Crippen LogP contribution is 2.24. The molecule has 7 nitrogen and oxygen atoms in total. The van der Waals surface area contributed by atoms with E-state index in [-0.39, 0.29) is 21.9 Å². The fraction of sp³-hybridized carbons (Fsp3) is 0.462. The standard InChI is InChI=1S/C7H6F3NO3S.C6H6F3NO2S/c1-13-5(12)4-2-11-6(15-4)14-3-7(8,9)10;7-6(8,9)3-12-5-10-1-4(2-11)13-5/h2H,3H2,1H3;1,11H,2-3H2. The SMILES string of the molecule is COC(=O)c1cnc(OCC(F)(F)F)s1.OCc1cnc(OCC(F)(F)F)s1. The zero-order valence-corrected chi connectivity index (χ0v) is 15.5. The van der Waals surface area contributed by atoms with Crippen LogP contribution in [0.15, 0.2) is 12.4 Å². The van der Waals surface area contributed by atoms with E-state index in [0.717, 1.165) is 24.6 Å². The van der Waals surface area contributed by atoms with E-state index < -0.39 is 31.5 Å². The largest absolute Gasteiger partial charge is 0.465 e. The average Bonchev–Trinajstić information content (AvgIpc) is 3.26. The van der Waals surface area contributed by atoms with E-state index >= 15 is 0 Å². The summed E-state index contributed by atoms with van der Waals surface area (Å²) in [5.41, 5.74) is 0. The van der Waals surface area contributed by atoms with Crippen LogP contribution in [0.5, 0.6) is 10.4 Å². The molecule has 2 aromatic rings. The van der Waals surface area contributed by atoms with Gasteiger partial charge in [0.1, 0.15) is 4.88 Å². The predicted molar refractivity (Wildman–Crippen MR) is 84.6 cm³/mol. The van der Waals surface area contributed by atoms with Gasteiger partial charge in [-0.1, -0.05) is 22.7 Å². The van der Waals surface area contributed by atoms with Gasteiger partial charge in [-0.2, -0.15) is 26.3 Å². The highest BCUT2D eigenvalue weighted by Gasteiger charge is 2.29. The number of hydrogen-bond donors (Lipinski definition) is 1. The lowest BCUT2D eigenvalue weighted by Gasteiger charge is -2.05. The second kappa shape index (κ2) is 10.4. The molecule has 0 aliphatic rings. The van der Waals surface area contributed by atoms with Crippen molar-refractivity contribution < 1.29 is 50.5 Å². The first kappa shape index (κ1) is 23.9. The molecule has 0 saturated heterocycles. The predicted octanol–water partition coefficient (Wildman–Crippen LogP) is 3.45. The minimum atomic E-state index is -4.42. The fourth-order valence-corrected chi connectivity index (χ4v) is 2.54. The first-order valence-corrected chi connectivity index (χ1v) is 8.55. The molecule has 2 heterocycles. The molecular weight excluding hydrogens is 442 g/mol. The van der Waals surface area contributed by atoms with Crippen molar-refractivity contribution in [3.05, 3.63) is 22.1 Å². The molecule has 15 heteroatoms. The third kappa shape index (κ3) is 9.70. The topological polar surface area (TPSA) is 90.8 Å². The van der Waals surface area contributed by atoms with E-state index in [1.54, 1.807) is 0 Å². The summed E-state index contributed by atoms with van der Waals surface area (Å²) in [5, 5.41) is 8.27. The number of methoxy groups -OCH3 is 1. The summed E-state index contributed by atoms with van der Waals surface area (Å²) < 4.78 is 83.1. The highest BCUT2D eigenvalue weighted by molar-refractivity contribution is 7.15. The molecular formula is C13H12F6N2O5S2. The molecule has 1 N–H and O–H groups in total. The number of hydrogen-bond acceptors (Lipinski definition) is 9. The van der Waals surface area contributed by atoms with Crippen LogP contribution < -0.4 is 9.47 Å². The molecule has 0 unspecified atom stereocenters. The summed E-state index contributed by atoms with van der Waals surface area (Å²) >= 11 is 1.59. The van der Waals surface area contributed by atoms with Crippen LogP contribution in [0.4, 0.5) is 26.3 Å². The minimum absolute atomic E-state index is 0.0821. The summed E-state index contributed by atoms with van der Waals surface area (Å²) in [5.74, 6) is -0.658. The zero-order chi connectivity index (χ0) is 21.4. The van der Waals surface area contributed by atoms with Crippen molar-refractivity contribution in [2.45, 2.75) is 19.0 Å². The second-order valence-corrected chi connectivity index (χ2v) is 6.61. The van der Waals surface area contributed by atoms with Crippen molar-refractivity contribution in [2.75, 3.05) is 20.3 Å². The van der Waals surface area contributed by atoms with E-state index in [1.165, 1.54) is 6.20 Å². The number of esters is 1. The molecule has 28 heavy (non-hydrogen) atoms. The summed E-state index contributed by atoms with van der Waals surface area (Å²) in [6.45, 7) is -3.03. The molecule has 0 fully saturated rings. The van der Waals surface area contributed by atoms with Gasteiger partial charge in [0.2, 0.25) is 0 Å². The molecule has 0 spiro atoms. The number of aliphatic hydroxyl groups excluding tert-OH is 1. The summed E-state index contributed by atoms with van der Waals surface area (Å²) in [4.78, 5) is 18.5. The van der Waals surface area contributed by atoms with Gasteiger partial charge in [-0.25, -0.2) is 14.8 Å². The van der Waals surface area contributed by atoms with Gasteiger partial charge in [-0.05, 0) is 0 Å². The maximum atomic E-state index is 11.7. The number of alkyl halides is 6. The van der Waals surface area contributed by atoms with Crippen LogP contribution in [0.25, 0.3) is 0 Å². The molecule has 0 bridgehead atoms. The molecule has 0 atom stereocenters. The Labute approximate surface area is 161 Å². The molecule has 158 valence electrons. The van der Waals surface area contributed by atoms with Gasteiger partial charge in [0, 0.05) is 6.20 Å². The Morgan fingerprint density at radius 2 is 1.50 bits per heavy atom. The molecule has 2 aromatic heterocycles. The van der Waals surface area contributed by atoms with Crippen molar-refractivity contribution in [2.24, 2.45) is 0 Å². The summed E-state index contributed by atoms with van der Waals surface area (Å²) in [6.07, 6.45) is -6.40. The van der Waals surface area contributed by atoms with Crippen molar-refractivity contribution in [1.82, 2.24) is 9.97 Å². The number of carbonyl (C=O) groups is 1. The van der Waals surface area contributed by atoms with Crippen molar-refractivity contribution in [3.8, 4) is 10.4 Å². The Bertz CT molecular complexity index is 746. The normalized spacial score (nSPS) is 11.4. The van der Waals surface area contributed by atoms with Crippen LogP contribution in [0.3, 0.4) is 0 Å². The van der Waals surface area contributed by atoms with Crippen LogP contribution in [0.2, 0.25) is 0 Å². The fourth-order valence-electron chi connectivity index (χ4n) is 1.24. The monoisotopic (exact) mass is 454 g/mol. The first-order valence-electron chi connectivity index (χ1n) is 6.92. The van der Waals surface area contributed by atoms with E-state index in [2.05, 4.69) is 24.2 Å². The van der Waals surface area contributed by atoms with Crippen molar-refractivity contribution >= 4 is 28.6 Å².